The van der Waals surface area contributed by atoms with Gasteiger partial charge in [-0.05, 0) is 17.7 Å². The number of rotatable bonds is 7. The molecule has 2 aromatic rings. The Hall–Kier alpha value is -1.94. The first-order valence-corrected chi connectivity index (χ1v) is 7.71. The molecule has 5 nitrogen and oxygen atoms in total. The maximum absolute atomic E-state index is 11.8. The van der Waals surface area contributed by atoms with Crippen molar-refractivity contribution < 1.29 is 18.7 Å². The van der Waals surface area contributed by atoms with Crippen LogP contribution in [0.25, 0.3) is 0 Å². The highest BCUT2D eigenvalue weighted by atomic mass is 31.2. The summed E-state index contributed by atoms with van der Waals surface area (Å²) in [5.74, 6) is 5.36. The molecule has 21 heavy (non-hydrogen) atoms. The zero-order valence-electron chi connectivity index (χ0n) is 11.3. The quantitative estimate of drug-likeness (QED) is 0.484. The van der Waals surface area contributed by atoms with Gasteiger partial charge in [-0.3, -0.25) is 4.79 Å². The first-order valence-electron chi connectivity index (χ1n) is 6.35. The van der Waals surface area contributed by atoms with Gasteiger partial charge in [0.25, 0.3) is 8.38 Å². The summed E-state index contributed by atoms with van der Waals surface area (Å²) < 4.78 is 15.4. The fraction of sp³-hybridized carbons (Fsp3) is 0.133. The van der Waals surface area contributed by atoms with Gasteiger partial charge in [-0.1, -0.05) is 48.5 Å². The second-order valence-electron chi connectivity index (χ2n) is 4.15. The van der Waals surface area contributed by atoms with Crippen molar-refractivity contribution in [2.24, 2.45) is 5.90 Å². The first-order chi connectivity index (χ1) is 10.3. The van der Waals surface area contributed by atoms with E-state index in [0.717, 1.165) is 5.56 Å². The summed E-state index contributed by atoms with van der Waals surface area (Å²) in [7, 11) is -1.55. The minimum absolute atomic E-state index is 0.0203. The van der Waals surface area contributed by atoms with Gasteiger partial charge in [-0.25, -0.2) is 10.5 Å². The third kappa shape index (κ3) is 5.52. The number of carbonyl (C=O) groups is 1. The van der Waals surface area contributed by atoms with Crippen LogP contribution in [0.1, 0.15) is 5.56 Å². The van der Waals surface area contributed by atoms with Gasteiger partial charge in [0.1, 0.15) is 18.5 Å². The van der Waals surface area contributed by atoms with Crippen LogP contribution in [0.4, 0.5) is 0 Å². The Labute approximate surface area is 124 Å². The van der Waals surface area contributed by atoms with E-state index in [1.54, 1.807) is 12.1 Å². The molecule has 0 heterocycles. The molecule has 2 N–H and O–H groups in total. The number of hydrogen-bond donors (Lipinski definition) is 1. The summed E-state index contributed by atoms with van der Waals surface area (Å²) in [6.45, 7) is 0.221. The van der Waals surface area contributed by atoms with Crippen LogP contribution in [0.3, 0.4) is 0 Å². The molecule has 0 spiro atoms. The first kappa shape index (κ1) is 15.4. The molecule has 0 aliphatic rings. The molecular weight excluding hydrogens is 289 g/mol. The monoisotopic (exact) mass is 305 g/mol. The van der Waals surface area contributed by atoms with Crippen LogP contribution in [0, 0.1) is 0 Å². The standard InChI is InChI=1S/C15H16NO4P/c16-20-21(19-14-9-5-2-6-10-14)12-15(17)18-11-13-7-3-1-4-8-13/h1-10H,11-12,16H2. The van der Waals surface area contributed by atoms with Crippen molar-refractivity contribution in [3.63, 3.8) is 0 Å². The molecule has 2 rings (SSSR count). The Bertz CT molecular complexity index is 550. The lowest BCUT2D eigenvalue weighted by Gasteiger charge is -2.14. The Balaban J connectivity index is 1.80. The van der Waals surface area contributed by atoms with E-state index in [1.165, 1.54) is 0 Å². The Morgan fingerprint density at radius 3 is 2.24 bits per heavy atom. The third-order valence-corrected chi connectivity index (χ3v) is 3.73. The van der Waals surface area contributed by atoms with Crippen LogP contribution in [0.2, 0.25) is 0 Å². The smallest absolute Gasteiger partial charge is 0.316 e. The minimum atomic E-state index is -1.55. The van der Waals surface area contributed by atoms with Crippen LogP contribution in [0.15, 0.2) is 60.7 Å². The molecule has 0 aliphatic heterocycles. The van der Waals surface area contributed by atoms with Gasteiger partial charge in [0.2, 0.25) is 0 Å². The molecule has 110 valence electrons. The second-order valence-corrected chi connectivity index (χ2v) is 5.52. The minimum Gasteiger partial charge on any atom is -0.460 e. The van der Waals surface area contributed by atoms with Crippen molar-refractivity contribution in [2.75, 3.05) is 6.16 Å². The van der Waals surface area contributed by atoms with Gasteiger partial charge in [-0.15, -0.1) is 0 Å². The Kier molecular flexibility index (Phi) is 6.16. The van der Waals surface area contributed by atoms with E-state index < -0.39 is 14.3 Å². The Morgan fingerprint density at radius 1 is 1.00 bits per heavy atom. The summed E-state index contributed by atoms with van der Waals surface area (Å²) in [6.07, 6.45) is -0.0203. The Morgan fingerprint density at radius 2 is 1.62 bits per heavy atom. The predicted molar refractivity (Wildman–Crippen MR) is 80.4 cm³/mol. The number of ether oxygens (including phenoxy) is 1. The average Bonchev–Trinajstić information content (AvgIpc) is 2.54. The van der Waals surface area contributed by atoms with E-state index in [1.807, 2.05) is 48.5 Å². The number of nitrogens with two attached hydrogens (primary N) is 1. The lowest BCUT2D eigenvalue weighted by Crippen LogP contribution is -2.13. The fourth-order valence-electron chi connectivity index (χ4n) is 1.58. The normalized spacial score (nSPS) is 11.7. The summed E-state index contributed by atoms with van der Waals surface area (Å²) in [5.41, 5.74) is 0.924. The maximum atomic E-state index is 11.8. The van der Waals surface area contributed by atoms with Crippen molar-refractivity contribution in [3.8, 4) is 5.75 Å². The number of hydrogen-bond acceptors (Lipinski definition) is 5. The van der Waals surface area contributed by atoms with Crippen LogP contribution in [0.5, 0.6) is 5.75 Å². The molecule has 1 atom stereocenters. The highest BCUT2D eigenvalue weighted by molar-refractivity contribution is 7.48. The molecule has 6 heteroatoms. The van der Waals surface area contributed by atoms with E-state index in [0.29, 0.717) is 5.75 Å². The van der Waals surface area contributed by atoms with Crippen LogP contribution in [-0.4, -0.2) is 12.1 Å². The fourth-order valence-corrected chi connectivity index (χ4v) is 2.42. The van der Waals surface area contributed by atoms with Gasteiger partial charge >= 0.3 is 5.97 Å². The second kappa shape index (κ2) is 8.37. The molecule has 0 amide bonds. The molecule has 0 bridgehead atoms. The zero-order chi connectivity index (χ0) is 14.9. The number of esters is 1. The van der Waals surface area contributed by atoms with Crippen LogP contribution < -0.4 is 10.4 Å². The lowest BCUT2D eigenvalue weighted by molar-refractivity contribution is -0.141. The molecule has 0 radical (unpaired) electrons. The maximum Gasteiger partial charge on any atom is 0.316 e. The topological polar surface area (TPSA) is 70.8 Å². The highest BCUT2D eigenvalue weighted by Crippen LogP contribution is 2.37. The highest BCUT2D eigenvalue weighted by Gasteiger charge is 2.18. The summed E-state index contributed by atoms with van der Waals surface area (Å²) in [6, 6.07) is 18.5. The predicted octanol–water partition coefficient (Wildman–Crippen LogP) is 3.01. The molecule has 2 aromatic carbocycles. The third-order valence-electron chi connectivity index (χ3n) is 2.57. The SMILES string of the molecule is NOP(CC(=O)OCc1ccccc1)Oc1ccccc1. The van der Waals surface area contributed by atoms with Crippen molar-refractivity contribution >= 4 is 14.3 Å². The summed E-state index contributed by atoms with van der Waals surface area (Å²) in [5, 5.41) is 0. The molecule has 0 saturated carbocycles. The average molecular weight is 305 g/mol. The number of para-hydroxylation sites is 1. The molecule has 0 fully saturated rings. The van der Waals surface area contributed by atoms with E-state index >= 15 is 0 Å². The molecular formula is C15H16NO4P. The largest absolute Gasteiger partial charge is 0.460 e. The molecule has 0 aliphatic carbocycles. The van der Waals surface area contributed by atoms with Gasteiger partial charge in [0.15, 0.2) is 0 Å². The van der Waals surface area contributed by atoms with Crippen molar-refractivity contribution in [1.82, 2.24) is 0 Å². The summed E-state index contributed by atoms with van der Waals surface area (Å²) in [4.78, 5) is 11.8. The zero-order valence-corrected chi connectivity index (χ0v) is 12.2. The van der Waals surface area contributed by atoms with Crippen molar-refractivity contribution in [1.29, 1.82) is 0 Å². The summed E-state index contributed by atoms with van der Waals surface area (Å²) >= 11 is 0. The van der Waals surface area contributed by atoms with E-state index in [2.05, 4.69) is 0 Å². The van der Waals surface area contributed by atoms with Crippen molar-refractivity contribution in [2.45, 2.75) is 6.61 Å². The molecule has 0 saturated heterocycles. The number of benzene rings is 2. The van der Waals surface area contributed by atoms with Gasteiger partial charge in [0.05, 0.1) is 0 Å². The van der Waals surface area contributed by atoms with E-state index in [4.69, 9.17) is 19.8 Å². The van der Waals surface area contributed by atoms with Gasteiger partial charge in [-0.2, -0.15) is 0 Å². The van der Waals surface area contributed by atoms with Crippen LogP contribution in [-0.2, 0) is 20.8 Å². The lowest BCUT2D eigenvalue weighted by atomic mass is 10.2. The molecule has 0 aromatic heterocycles. The van der Waals surface area contributed by atoms with E-state index in [-0.39, 0.29) is 12.8 Å². The molecule has 1 unspecified atom stereocenters. The van der Waals surface area contributed by atoms with Crippen molar-refractivity contribution in [3.05, 3.63) is 66.2 Å². The van der Waals surface area contributed by atoms with Gasteiger partial charge < -0.3 is 9.26 Å². The number of carbonyl (C=O) groups excluding carboxylic acids is 1. The van der Waals surface area contributed by atoms with E-state index in [9.17, 15) is 4.79 Å². The van der Waals surface area contributed by atoms with Gasteiger partial charge in [0, 0.05) is 0 Å². The van der Waals surface area contributed by atoms with Crippen LogP contribution >= 0.6 is 8.38 Å².